The summed E-state index contributed by atoms with van der Waals surface area (Å²) in [5, 5.41) is 3.62. The van der Waals surface area contributed by atoms with E-state index >= 15 is 0 Å². The van der Waals surface area contributed by atoms with Gasteiger partial charge in [-0.05, 0) is 63.5 Å². The Kier molecular flexibility index (Phi) is 5.69. The summed E-state index contributed by atoms with van der Waals surface area (Å²) in [5.41, 5.74) is 1.52. The second-order valence-electron chi connectivity index (χ2n) is 8.57. The average molecular weight is 369 g/mol. The maximum atomic E-state index is 6.35. The molecule has 1 N–H and O–H groups in total. The van der Waals surface area contributed by atoms with Crippen molar-refractivity contribution in [1.29, 1.82) is 0 Å². The Morgan fingerprint density at radius 3 is 2.74 bits per heavy atom. The average Bonchev–Trinajstić information content (AvgIpc) is 3.15. The maximum Gasteiger partial charge on any atom is 0.125 e. The van der Waals surface area contributed by atoms with E-state index in [4.69, 9.17) is 9.73 Å². The highest BCUT2D eigenvalue weighted by Crippen LogP contribution is 2.51. The minimum absolute atomic E-state index is 0.125. The summed E-state index contributed by atoms with van der Waals surface area (Å²) in [5.74, 6) is 0.824. The van der Waals surface area contributed by atoms with Crippen LogP contribution in [-0.2, 0) is 11.3 Å². The molecule has 0 aromatic carbocycles. The third-order valence-corrected chi connectivity index (χ3v) is 6.71. The van der Waals surface area contributed by atoms with Crippen molar-refractivity contribution in [3.05, 3.63) is 35.9 Å². The van der Waals surface area contributed by atoms with E-state index < -0.39 is 0 Å². The molecule has 0 bridgehead atoms. The quantitative estimate of drug-likeness (QED) is 0.777. The van der Waals surface area contributed by atoms with Crippen molar-refractivity contribution >= 4 is 6.21 Å². The first kappa shape index (κ1) is 18.8. The molecule has 0 amide bonds. The largest absolute Gasteiger partial charge is 0.375 e. The van der Waals surface area contributed by atoms with Crippen LogP contribution < -0.4 is 5.32 Å². The van der Waals surface area contributed by atoms with Crippen molar-refractivity contribution in [2.24, 2.45) is 10.4 Å². The van der Waals surface area contributed by atoms with E-state index in [0.29, 0.717) is 6.04 Å². The first-order valence-electron chi connectivity index (χ1n) is 10.5. The molecule has 1 aromatic heterocycles. The molecule has 5 nitrogen and oxygen atoms in total. The molecule has 3 aliphatic rings. The fraction of sp³-hybridized carbons (Fsp3) is 0.682. The van der Waals surface area contributed by atoms with Crippen molar-refractivity contribution in [3.8, 4) is 0 Å². The zero-order valence-electron chi connectivity index (χ0n) is 16.5. The highest BCUT2D eigenvalue weighted by Gasteiger charge is 2.50. The molecule has 2 fully saturated rings. The second kappa shape index (κ2) is 8.19. The number of rotatable bonds is 6. The molecule has 4 rings (SSSR count). The molecule has 2 aliphatic heterocycles. The molecule has 2 atom stereocenters. The Bertz CT molecular complexity index is 678. The van der Waals surface area contributed by atoms with Crippen molar-refractivity contribution in [1.82, 2.24) is 15.3 Å². The molecule has 3 heterocycles. The lowest BCUT2D eigenvalue weighted by molar-refractivity contribution is -0.130. The van der Waals surface area contributed by atoms with Crippen LogP contribution in [0.3, 0.4) is 0 Å². The Labute approximate surface area is 162 Å². The number of dihydropyridines is 1. The molecule has 1 saturated heterocycles. The van der Waals surface area contributed by atoms with Crippen LogP contribution in [0.15, 0.2) is 29.5 Å². The molecule has 27 heavy (non-hydrogen) atoms. The first-order chi connectivity index (χ1) is 13.2. The summed E-state index contributed by atoms with van der Waals surface area (Å²) < 4.78 is 6.35. The molecule has 2 unspecified atom stereocenters. The Morgan fingerprint density at radius 2 is 2.00 bits per heavy atom. The molecular formula is C22H32N4O. The summed E-state index contributed by atoms with van der Waals surface area (Å²) in [4.78, 5) is 13.5. The highest BCUT2D eigenvalue weighted by molar-refractivity contribution is 5.72. The Balaban J connectivity index is 1.41. The molecular weight excluding hydrogens is 336 g/mol. The van der Waals surface area contributed by atoms with Crippen molar-refractivity contribution in [2.75, 3.05) is 13.2 Å². The van der Waals surface area contributed by atoms with Crippen LogP contribution in [0.2, 0.25) is 0 Å². The van der Waals surface area contributed by atoms with Gasteiger partial charge >= 0.3 is 0 Å². The number of aromatic nitrogens is 2. The van der Waals surface area contributed by atoms with Gasteiger partial charge in [0.1, 0.15) is 5.82 Å². The maximum absolute atomic E-state index is 6.35. The zero-order valence-corrected chi connectivity index (χ0v) is 16.5. The fourth-order valence-electron chi connectivity index (χ4n) is 5.23. The molecule has 146 valence electrons. The third kappa shape index (κ3) is 4.30. The van der Waals surface area contributed by atoms with Crippen LogP contribution in [-0.4, -0.2) is 41.0 Å². The van der Waals surface area contributed by atoms with Gasteiger partial charge < -0.3 is 10.1 Å². The lowest BCUT2D eigenvalue weighted by Gasteiger charge is -2.49. The van der Waals surface area contributed by atoms with Gasteiger partial charge in [0.2, 0.25) is 0 Å². The van der Waals surface area contributed by atoms with E-state index in [-0.39, 0.29) is 11.0 Å². The van der Waals surface area contributed by atoms with Crippen LogP contribution in [0.25, 0.3) is 0 Å². The van der Waals surface area contributed by atoms with E-state index in [1.54, 1.807) is 0 Å². The third-order valence-electron chi connectivity index (χ3n) is 6.71. The number of nitrogens with zero attached hydrogens (tertiary/aromatic N) is 3. The van der Waals surface area contributed by atoms with Crippen LogP contribution >= 0.6 is 0 Å². The van der Waals surface area contributed by atoms with E-state index in [9.17, 15) is 0 Å². The van der Waals surface area contributed by atoms with Crippen molar-refractivity contribution in [2.45, 2.75) is 76.5 Å². The smallest absolute Gasteiger partial charge is 0.125 e. The van der Waals surface area contributed by atoms with Crippen LogP contribution in [0, 0.1) is 12.3 Å². The lowest BCUT2D eigenvalue weighted by atomic mass is 9.65. The molecule has 1 aromatic rings. The van der Waals surface area contributed by atoms with Crippen molar-refractivity contribution < 1.29 is 4.74 Å². The first-order valence-corrected chi connectivity index (χ1v) is 10.5. The normalized spacial score (nSPS) is 29.4. The van der Waals surface area contributed by atoms with Gasteiger partial charge in [-0.2, -0.15) is 0 Å². The van der Waals surface area contributed by atoms with E-state index in [0.717, 1.165) is 50.3 Å². The number of hydrogen-bond donors (Lipinski definition) is 1. The summed E-state index contributed by atoms with van der Waals surface area (Å²) in [6.45, 7) is 4.64. The molecule has 1 saturated carbocycles. The highest BCUT2D eigenvalue weighted by atomic mass is 16.5. The van der Waals surface area contributed by atoms with Gasteiger partial charge in [0.05, 0.1) is 11.6 Å². The minimum Gasteiger partial charge on any atom is -0.375 e. The Morgan fingerprint density at radius 1 is 1.19 bits per heavy atom. The summed E-state index contributed by atoms with van der Waals surface area (Å²) >= 11 is 0. The standard InChI is InChI=1S/C22H32N4O/c1-18-25-15-19(16-26-18)14-23-12-9-21(20-6-2-5-11-24-20)10-13-27-22(17-21)7-3-4-8-22/h2,5,11,15-16,20,23H,3-4,6-10,12-14,17H2,1H3. The summed E-state index contributed by atoms with van der Waals surface area (Å²) in [6, 6.07) is 0.397. The van der Waals surface area contributed by atoms with Crippen LogP contribution in [0.5, 0.6) is 0 Å². The molecule has 0 radical (unpaired) electrons. The van der Waals surface area contributed by atoms with Gasteiger partial charge in [-0.3, -0.25) is 4.99 Å². The van der Waals surface area contributed by atoms with Gasteiger partial charge in [-0.25, -0.2) is 9.97 Å². The molecule has 1 spiro atoms. The number of ether oxygens (including phenoxy) is 1. The lowest BCUT2D eigenvalue weighted by Crippen LogP contribution is -2.49. The predicted molar refractivity (Wildman–Crippen MR) is 108 cm³/mol. The fourth-order valence-corrected chi connectivity index (χ4v) is 5.23. The minimum atomic E-state index is 0.125. The summed E-state index contributed by atoms with van der Waals surface area (Å²) in [6.07, 6.45) is 19.8. The van der Waals surface area contributed by atoms with Gasteiger partial charge in [-0.15, -0.1) is 0 Å². The van der Waals surface area contributed by atoms with Crippen LogP contribution in [0.1, 0.15) is 62.8 Å². The zero-order chi connectivity index (χ0) is 18.6. The number of hydrogen-bond acceptors (Lipinski definition) is 5. The number of aryl methyl sites for hydroxylation is 1. The number of allylic oxidation sites excluding steroid dienone is 1. The SMILES string of the molecule is Cc1ncc(CNCCC2(C3CC=CC=N3)CCOC3(CCCC3)C2)cn1. The van der Waals surface area contributed by atoms with E-state index in [1.165, 1.54) is 32.1 Å². The van der Waals surface area contributed by atoms with Gasteiger partial charge in [0.15, 0.2) is 0 Å². The Hall–Kier alpha value is -1.59. The van der Waals surface area contributed by atoms with Crippen LogP contribution in [0.4, 0.5) is 0 Å². The van der Waals surface area contributed by atoms with Crippen molar-refractivity contribution in [3.63, 3.8) is 0 Å². The van der Waals surface area contributed by atoms with E-state index in [2.05, 4.69) is 27.4 Å². The monoisotopic (exact) mass is 368 g/mol. The molecule has 1 aliphatic carbocycles. The van der Waals surface area contributed by atoms with Gasteiger partial charge in [0, 0.05) is 37.3 Å². The second-order valence-corrected chi connectivity index (χ2v) is 8.57. The van der Waals surface area contributed by atoms with E-state index in [1.807, 2.05) is 25.5 Å². The number of aliphatic imine (C=N–C) groups is 1. The topological polar surface area (TPSA) is 59.4 Å². The van der Waals surface area contributed by atoms with Gasteiger partial charge in [0.25, 0.3) is 0 Å². The predicted octanol–water partition coefficient (Wildman–Crippen LogP) is 3.77. The number of nitrogens with one attached hydrogen (secondary N) is 1. The molecule has 5 heteroatoms. The van der Waals surface area contributed by atoms with Gasteiger partial charge in [-0.1, -0.05) is 18.9 Å². The summed E-state index contributed by atoms with van der Waals surface area (Å²) in [7, 11) is 0.